The Morgan fingerprint density at radius 2 is 2.47 bits per heavy atom. The van der Waals surface area contributed by atoms with E-state index in [0.717, 1.165) is 0 Å². The zero-order valence-electron chi connectivity index (χ0n) is 8.17. The first kappa shape index (κ1) is 11.2. The van der Waals surface area contributed by atoms with E-state index in [1.807, 2.05) is 0 Å². The second-order valence-electron chi connectivity index (χ2n) is 3.28. The molecule has 0 fully saturated rings. The van der Waals surface area contributed by atoms with E-state index in [4.69, 9.17) is 9.84 Å². The first-order chi connectivity index (χ1) is 7.00. The van der Waals surface area contributed by atoms with E-state index >= 15 is 0 Å². The molecule has 0 aliphatic heterocycles. The molecule has 0 aromatic carbocycles. The molecule has 1 atom stereocenters. The number of nitro groups is 1. The van der Waals surface area contributed by atoms with Gasteiger partial charge in [0.15, 0.2) is 0 Å². The fraction of sp³-hybridized carbons (Fsp3) is 0.444. The lowest BCUT2D eigenvalue weighted by Crippen LogP contribution is -2.39. The zero-order valence-corrected chi connectivity index (χ0v) is 8.17. The number of ether oxygens (including phenoxy) is 1. The molecule has 6 heteroatoms. The summed E-state index contributed by atoms with van der Waals surface area (Å²) < 4.78 is 4.87. The van der Waals surface area contributed by atoms with Gasteiger partial charge in [-0.05, 0) is 18.2 Å². The van der Waals surface area contributed by atoms with Crippen LogP contribution in [0.15, 0.2) is 24.0 Å². The normalized spacial score (nSPS) is 24.5. The number of carbonyl (C=O) groups is 1. The fourth-order valence-corrected chi connectivity index (χ4v) is 1.39. The number of nitrogens with zero attached hydrogens (tertiary/aromatic N) is 1. The molecule has 6 nitrogen and oxygen atoms in total. The Labute approximate surface area is 86.0 Å². The van der Waals surface area contributed by atoms with E-state index < -0.39 is 22.9 Å². The van der Waals surface area contributed by atoms with Gasteiger partial charge in [0.1, 0.15) is 12.2 Å². The number of rotatable bonds is 4. The smallest absolute Gasteiger partial charge is 0.311 e. The standard InChI is InChI=1S/C9H11NO5/c1-15-7-2-4-9(5-3-7,10(13)14)6-8(11)12/h2-4H,5-6H2,1H3,(H,11,12). The van der Waals surface area contributed by atoms with Crippen LogP contribution in [0.4, 0.5) is 0 Å². The lowest BCUT2D eigenvalue weighted by Gasteiger charge is -2.21. The van der Waals surface area contributed by atoms with Gasteiger partial charge >= 0.3 is 5.97 Å². The predicted molar refractivity (Wildman–Crippen MR) is 50.8 cm³/mol. The summed E-state index contributed by atoms with van der Waals surface area (Å²) in [4.78, 5) is 20.8. The van der Waals surface area contributed by atoms with Gasteiger partial charge in [0.2, 0.25) is 0 Å². The third kappa shape index (κ3) is 2.34. The molecule has 1 rings (SSSR count). The van der Waals surface area contributed by atoms with E-state index in [1.165, 1.54) is 25.3 Å². The molecule has 0 amide bonds. The van der Waals surface area contributed by atoms with Gasteiger partial charge in [-0.25, -0.2) is 0 Å². The molecule has 0 aromatic heterocycles. The maximum Gasteiger partial charge on any atom is 0.311 e. The summed E-state index contributed by atoms with van der Waals surface area (Å²) in [5.74, 6) is -0.677. The van der Waals surface area contributed by atoms with Crippen LogP contribution in [0.5, 0.6) is 0 Å². The fourth-order valence-electron chi connectivity index (χ4n) is 1.39. The van der Waals surface area contributed by atoms with Crippen molar-refractivity contribution in [3.8, 4) is 0 Å². The Bertz CT molecular complexity index is 346. The lowest BCUT2D eigenvalue weighted by atomic mass is 9.88. The van der Waals surface area contributed by atoms with Crippen molar-refractivity contribution in [1.82, 2.24) is 0 Å². The van der Waals surface area contributed by atoms with Crippen LogP contribution in [0.2, 0.25) is 0 Å². The Kier molecular flexibility index (Phi) is 3.08. The molecule has 82 valence electrons. The van der Waals surface area contributed by atoms with Crippen molar-refractivity contribution in [3.05, 3.63) is 34.1 Å². The molecule has 1 unspecified atom stereocenters. The van der Waals surface area contributed by atoms with Crippen LogP contribution in [-0.2, 0) is 9.53 Å². The number of hydrogen-bond acceptors (Lipinski definition) is 4. The molecule has 0 saturated heterocycles. The number of carboxylic acids is 1. The van der Waals surface area contributed by atoms with Gasteiger partial charge in [-0.3, -0.25) is 14.9 Å². The van der Waals surface area contributed by atoms with Crippen LogP contribution < -0.4 is 0 Å². The van der Waals surface area contributed by atoms with E-state index in [2.05, 4.69) is 0 Å². The van der Waals surface area contributed by atoms with Crippen LogP contribution in [0.1, 0.15) is 12.8 Å². The van der Waals surface area contributed by atoms with E-state index in [1.54, 1.807) is 0 Å². The average Bonchev–Trinajstić information content (AvgIpc) is 2.17. The molecular formula is C9H11NO5. The Morgan fingerprint density at radius 1 is 1.80 bits per heavy atom. The summed E-state index contributed by atoms with van der Waals surface area (Å²) in [6, 6.07) is 0. The molecule has 0 spiro atoms. The minimum atomic E-state index is -1.53. The van der Waals surface area contributed by atoms with Crippen molar-refractivity contribution in [2.45, 2.75) is 18.4 Å². The molecule has 15 heavy (non-hydrogen) atoms. The third-order valence-corrected chi connectivity index (χ3v) is 2.27. The van der Waals surface area contributed by atoms with E-state index in [0.29, 0.717) is 5.76 Å². The van der Waals surface area contributed by atoms with Crippen molar-refractivity contribution >= 4 is 5.97 Å². The molecule has 0 heterocycles. The summed E-state index contributed by atoms with van der Waals surface area (Å²) in [6.45, 7) is 0. The molecule has 0 aromatic rings. The SMILES string of the molecule is COC1=CCC(CC(=O)O)([N+](=O)[O-])C=C1. The lowest BCUT2D eigenvalue weighted by molar-refractivity contribution is -0.553. The minimum absolute atomic E-state index is 0.0337. The molecule has 1 N–H and O–H groups in total. The minimum Gasteiger partial charge on any atom is -0.497 e. The first-order valence-corrected chi connectivity index (χ1v) is 4.30. The van der Waals surface area contributed by atoms with Crippen molar-refractivity contribution in [2.75, 3.05) is 7.11 Å². The topological polar surface area (TPSA) is 89.7 Å². The largest absolute Gasteiger partial charge is 0.497 e. The Morgan fingerprint density at radius 3 is 2.80 bits per heavy atom. The highest BCUT2D eigenvalue weighted by molar-refractivity contribution is 5.68. The molecule has 0 radical (unpaired) electrons. The second kappa shape index (κ2) is 4.12. The number of allylic oxidation sites excluding steroid dienone is 1. The quantitative estimate of drug-likeness (QED) is 0.555. The summed E-state index contributed by atoms with van der Waals surface area (Å²) in [5, 5.41) is 19.4. The van der Waals surface area contributed by atoms with Crippen molar-refractivity contribution in [2.24, 2.45) is 0 Å². The van der Waals surface area contributed by atoms with Gasteiger partial charge in [0.05, 0.1) is 7.11 Å². The highest BCUT2D eigenvalue weighted by Crippen LogP contribution is 2.27. The van der Waals surface area contributed by atoms with Crippen molar-refractivity contribution in [3.63, 3.8) is 0 Å². The van der Waals surface area contributed by atoms with Crippen LogP contribution in [0, 0.1) is 10.1 Å². The van der Waals surface area contributed by atoms with Gasteiger partial charge in [-0.15, -0.1) is 0 Å². The Hall–Kier alpha value is -1.85. The number of aliphatic carboxylic acids is 1. The average molecular weight is 213 g/mol. The maximum atomic E-state index is 10.8. The summed E-state index contributed by atoms with van der Waals surface area (Å²) in [7, 11) is 1.45. The second-order valence-corrected chi connectivity index (χ2v) is 3.28. The first-order valence-electron chi connectivity index (χ1n) is 4.30. The molecule has 1 aliphatic carbocycles. The number of carboxylic acid groups (broad SMARTS) is 1. The summed E-state index contributed by atoms with van der Waals surface area (Å²) in [6.07, 6.45) is 3.73. The van der Waals surface area contributed by atoms with Gasteiger partial charge in [0.25, 0.3) is 5.54 Å². The van der Waals surface area contributed by atoms with Gasteiger partial charge in [-0.2, -0.15) is 0 Å². The molecule has 0 bridgehead atoms. The van der Waals surface area contributed by atoms with Gasteiger partial charge < -0.3 is 9.84 Å². The van der Waals surface area contributed by atoms with Crippen molar-refractivity contribution in [1.29, 1.82) is 0 Å². The number of methoxy groups -OCH3 is 1. The molecular weight excluding hydrogens is 202 g/mol. The van der Waals surface area contributed by atoms with Crippen LogP contribution >= 0.6 is 0 Å². The third-order valence-electron chi connectivity index (χ3n) is 2.27. The zero-order chi connectivity index (χ0) is 11.5. The van der Waals surface area contributed by atoms with Gasteiger partial charge in [0, 0.05) is 11.3 Å². The van der Waals surface area contributed by atoms with Crippen LogP contribution in [0.3, 0.4) is 0 Å². The van der Waals surface area contributed by atoms with Crippen LogP contribution in [0.25, 0.3) is 0 Å². The van der Waals surface area contributed by atoms with Gasteiger partial charge in [-0.1, -0.05) is 0 Å². The number of hydrogen-bond donors (Lipinski definition) is 1. The van der Waals surface area contributed by atoms with Crippen molar-refractivity contribution < 1.29 is 19.6 Å². The predicted octanol–water partition coefficient (Wildman–Crippen LogP) is 0.967. The van der Waals surface area contributed by atoms with Crippen LogP contribution in [-0.4, -0.2) is 28.6 Å². The Balaban J connectivity index is 2.89. The maximum absolute atomic E-state index is 10.8. The van der Waals surface area contributed by atoms with E-state index in [-0.39, 0.29) is 6.42 Å². The van der Waals surface area contributed by atoms with E-state index in [9.17, 15) is 14.9 Å². The molecule has 0 saturated carbocycles. The highest BCUT2D eigenvalue weighted by atomic mass is 16.6. The monoisotopic (exact) mass is 213 g/mol. The highest BCUT2D eigenvalue weighted by Gasteiger charge is 2.43. The summed E-state index contributed by atoms with van der Waals surface area (Å²) >= 11 is 0. The molecule has 1 aliphatic rings. The summed E-state index contributed by atoms with van der Waals surface area (Å²) in [5.41, 5.74) is -1.53.